The molecular formula is C13H19N3O3. The van der Waals surface area contributed by atoms with Gasteiger partial charge in [-0.15, -0.1) is 0 Å². The standard InChI is InChI=1S/C13H19N3O3/c1-3-18-13(17)10-4-5-15-12(11(10)14)16-6-7-19-9(2)8-16/h4-5,9H,3,6-8,14H2,1-2H3. The quantitative estimate of drug-likeness (QED) is 0.824. The summed E-state index contributed by atoms with van der Waals surface area (Å²) in [4.78, 5) is 18.1. The lowest BCUT2D eigenvalue weighted by atomic mass is 10.2. The van der Waals surface area contributed by atoms with Crippen molar-refractivity contribution >= 4 is 17.5 Å². The molecule has 1 unspecified atom stereocenters. The highest BCUT2D eigenvalue weighted by Gasteiger charge is 2.22. The van der Waals surface area contributed by atoms with Crippen molar-refractivity contribution in [3.63, 3.8) is 0 Å². The molecule has 0 saturated carbocycles. The molecule has 1 saturated heterocycles. The number of nitrogen functional groups attached to an aromatic ring is 1. The van der Waals surface area contributed by atoms with Crippen LogP contribution < -0.4 is 10.6 Å². The van der Waals surface area contributed by atoms with E-state index in [0.717, 1.165) is 0 Å². The highest BCUT2D eigenvalue weighted by molar-refractivity contribution is 5.97. The van der Waals surface area contributed by atoms with Crippen LogP contribution >= 0.6 is 0 Å². The fraction of sp³-hybridized carbons (Fsp3) is 0.538. The third-order valence-electron chi connectivity index (χ3n) is 3.01. The first-order valence-electron chi connectivity index (χ1n) is 6.41. The van der Waals surface area contributed by atoms with Crippen molar-refractivity contribution in [3.05, 3.63) is 17.8 Å². The third-order valence-corrected chi connectivity index (χ3v) is 3.01. The summed E-state index contributed by atoms with van der Waals surface area (Å²) >= 11 is 0. The Bertz CT molecular complexity index is 464. The van der Waals surface area contributed by atoms with E-state index in [1.54, 1.807) is 19.2 Å². The number of anilines is 2. The van der Waals surface area contributed by atoms with E-state index in [0.29, 0.717) is 43.4 Å². The lowest BCUT2D eigenvalue weighted by molar-refractivity contribution is 0.0526. The highest BCUT2D eigenvalue weighted by Crippen LogP contribution is 2.26. The molecule has 6 heteroatoms. The fourth-order valence-electron chi connectivity index (χ4n) is 2.11. The van der Waals surface area contributed by atoms with Gasteiger partial charge in [0.25, 0.3) is 0 Å². The van der Waals surface area contributed by atoms with Crippen molar-refractivity contribution < 1.29 is 14.3 Å². The third kappa shape index (κ3) is 2.96. The molecule has 2 heterocycles. The van der Waals surface area contributed by atoms with Crippen LogP contribution in [0.25, 0.3) is 0 Å². The summed E-state index contributed by atoms with van der Waals surface area (Å²) in [7, 11) is 0. The summed E-state index contributed by atoms with van der Waals surface area (Å²) in [6, 6.07) is 1.58. The van der Waals surface area contributed by atoms with Crippen molar-refractivity contribution in [2.75, 3.05) is 36.9 Å². The molecular weight excluding hydrogens is 246 g/mol. The highest BCUT2D eigenvalue weighted by atomic mass is 16.5. The minimum absolute atomic E-state index is 0.126. The number of carbonyl (C=O) groups is 1. The Kier molecular flexibility index (Phi) is 4.21. The van der Waals surface area contributed by atoms with E-state index in [9.17, 15) is 4.79 Å². The van der Waals surface area contributed by atoms with Crippen molar-refractivity contribution in [1.29, 1.82) is 0 Å². The number of hydrogen-bond acceptors (Lipinski definition) is 6. The Hall–Kier alpha value is -1.82. The van der Waals surface area contributed by atoms with Gasteiger partial charge in [-0.1, -0.05) is 0 Å². The zero-order chi connectivity index (χ0) is 13.8. The first-order valence-corrected chi connectivity index (χ1v) is 6.41. The maximum atomic E-state index is 11.8. The van der Waals surface area contributed by atoms with Crippen LogP contribution in [-0.2, 0) is 9.47 Å². The van der Waals surface area contributed by atoms with Gasteiger partial charge in [-0.3, -0.25) is 0 Å². The molecule has 19 heavy (non-hydrogen) atoms. The number of ether oxygens (including phenoxy) is 2. The second kappa shape index (κ2) is 5.88. The van der Waals surface area contributed by atoms with Crippen LogP contribution in [0.15, 0.2) is 12.3 Å². The molecule has 6 nitrogen and oxygen atoms in total. The molecule has 2 rings (SSSR count). The van der Waals surface area contributed by atoms with Crippen LogP contribution in [-0.4, -0.2) is 43.4 Å². The Balaban J connectivity index is 2.26. The van der Waals surface area contributed by atoms with Crippen LogP contribution in [0.2, 0.25) is 0 Å². The average Bonchev–Trinajstić information content (AvgIpc) is 2.39. The fourth-order valence-corrected chi connectivity index (χ4v) is 2.11. The SMILES string of the molecule is CCOC(=O)c1ccnc(N2CCOC(C)C2)c1N. The van der Waals surface area contributed by atoms with Crippen LogP contribution in [0.5, 0.6) is 0 Å². The molecule has 0 aliphatic carbocycles. The van der Waals surface area contributed by atoms with E-state index in [1.807, 2.05) is 11.8 Å². The van der Waals surface area contributed by atoms with Gasteiger partial charge in [0.2, 0.25) is 0 Å². The number of rotatable bonds is 3. The Morgan fingerprint density at radius 3 is 3.16 bits per heavy atom. The zero-order valence-corrected chi connectivity index (χ0v) is 11.3. The van der Waals surface area contributed by atoms with E-state index in [2.05, 4.69) is 4.98 Å². The van der Waals surface area contributed by atoms with Gasteiger partial charge >= 0.3 is 5.97 Å². The molecule has 2 N–H and O–H groups in total. The van der Waals surface area contributed by atoms with Gasteiger partial charge in [0.05, 0.1) is 30.6 Å². The van der Waals surface area contributed by atoms with Crippen molar-refractivity contribution in [2.24, 2.45) is 0 Å². The van der Waals surface area contributed by atoms with E-state index in [1.165, 1.54) is 0 Å². The summed E-state index contributed by atoms with van der Waals surface area (Å²) < 4.78 is 10.5. The Morgan fingerprint density at radius 2 is 2.47 bits per heavy atom. The normalized spacial score (nSPS) is 19.3. The molecule has 1 aliphatic heterocycles. The largest absolute Gasteiger partial charge is 0.462 e. The topological polar surface area (TPSA) is 77.7 Å². The van der Waals surface area contributed by atoms with Crippen molar-refractivity contribution in [2.45, 2.75) is 20.0 Å². The molecule has 0 spiro atoms. The number of pyridine rings is 1. The summed E-state index contributed by atoms with van der Waals surface area (Å²) in [6.07, 6.45) is 1.71. The predicted octanol–water partition coefficient (Wildman–Crippen LogP) is 1.07. The second-order valence-electron chi connectivity index (χ2n) is 4.44. The molecule has 104 valence electrons. The van der Waals surface area contributed by atoms with Crippen LogP contribution in [0.1, 0.15) is 24.2 Å². The summed E-state index contributed by atoms with van der Waals surface area (Å²) in [5, 5.41) is 0. The molecule has 1 fully saturated rings. The van der Waals surface area contributed by atoms with E-state index >= 15 is 0 Å². The summed E-state index contributed by atoms with van der Waals surface area (Å²) in [5.41, 5.74) is 6.78. The van der Waals surface area contributed by atoms with Gasteiger partial charge in [-0.2, -0.15) is 0 Å². The zero-order valence-electron chi connectivity index (χ0n) is 11.3. The van der Waals surface area contributed by atoms with Gasteiger partial charge in [0, 0.05) is 19.3 Å². The summed E-state index contributed by atoms with van der Waals surface area (Å²) in [6.45, 7) is 6.14. The first-order chi connectivity index (χ1) is 9.13. The second-order valence-corrected chi connectivity index (χ2v) is 4.44. The maximum Gasteiger partial charge on any atom is 0.340 e. The van der Waals surface area contributed by atoms with Gasteiger partial charge in [-0.25, -0.2) is 9.78 Å². The van der Waals surface area contributed by atoms with Gasteiger partial charge in [0.15, 0.2) is 5.82 Å². The van der Waals surface area contributed by atoms with Gasteiger partial charge in [-0.05, 0) is 19.9 Å². The molecule has 1 atom stereocenters. The van der Waals surface area contributed by atoms with Gasteiger partial charge < -0.3 is 20.1 Å². The molecule has 0 aromatic carbocycles. The number of aromatic nitrogens is 1. The minimum Gasteiger partial charge on any atom is -0.462 e. The number of nitrogens with zero attached hydrogens (tertiary/aromatic N) is 2. The molecule has 1 aromatic heterocycles. The minimum atomic E-state index is -0.412. The van der Waals surface area contributed by atoms with Crippen LogP contribution in [0, 0.1) is 0 Å². The lowest BCUT2D eigenvalue weighted by Gasteiger charge is -2.32. The van der Waals surface area contributed by atoms with E-state index in [-0.39, 0.29) is 6.10 Å². The molecule has 0 amide bonds. The summed E-state index contributed by atoms with van der Waals surface area (Å²) in [5.74, 6) is 0.214. The first kappa shape index (κ1) is 13.6. The number of nitrogens with two attached hydrogens (primary N) is 1. The number of carbonyl (C=O) groups excluding carboxylic acids is 1. The maximum absolute atomic E-state index is 11.8. The Labute approximate surface area is 112 Å². The van der Waals surface area contributed by atoms with E-state index < -0.39 is 5.97 Å². The van der Waals surface area contributed by atoms with E-state index in [4.69, 9.17) is 15.2 Å². The van der Waals surface area contributed by atoms with Crippen molar-refractivity contribution in [3.8, 4) is 0 Å². The molecule has 0 radical (unpaired) electrons. The molecule has 0 bridgehead atoms. The molecule has 1 aromatic rings. The van der Waals surface area contributed by atoms with Gasteiger partial charge in [0.1, 0.15) is 0 Å². The predicted molar refractivity (Wildman–Crippen MR) is 72.2 cm³/mol. The van der Waals surface area contributed by atoms with Crippen molar-refractivity contribution in [1.82, 2.24) is 4.98 Å². The average molecular weight is 265 g/mol. The van der Waals surface area contributed by atoms with Crippen LogP contribution in [0.3, 0.4) is 0 Å². The Morgan fingerprint density at radius 1 is 1.68 bits per heavy atom. The van der Waals surface area contributed by atoms with Crippen LogP contribution in [0.4, 0.5) is 11.5 Å². The lowest BCUT2D eigenvalue weighted by Crippen LogP contribution is -2.42. The monoisotopic (exact) mass is 265 g/mol. The number of hydrogen-bond donors (Lipinski definition) is 1. The smallest absolute Gasteiger partial charge is 0.340 e. The molecule has 1 aliphatic rings. The number of esters is 1. The number of morpholine rings is 1.